The predicted molar refractivity (Wildman–Crippen MR) is 250 cm³/mol. The van der Waals surface area contributed by atoms with Gasteiger partial charge in [0.1, 0.15) is 6.10 Å². The van der Waals surface area contributed by atoms with E-state index in [4.69, 9.17) is 4.74 Å². The summed E-state index contributed by atoms with van der Waals surface area (Å²) >= 11 is 6.31. The minimum Gasteiger partial charge on any atom is -0.466 e. The molecule has 2 aliphatic rings. The Morgan fingerprint density at radius 1 is 0.667 bits per heavy atom. The summed E-state index contributed by atoms with van der Waals surface area (Å²) in [5, 5.41) is 19.0. The van der Waals surface area contributed by atoms with Crippen LogP contribution in [0.2, 0.25) is 0 Å². The number of hydrogen-bond acceptors (Lipinski definition) is 16. The molecule has 2 aliphatic heterocycles. The molecule has 19 heteroatoms. The van der Waals surface area contributed by atoms with Gasteiger partial charge in [0.05, 0.1) is 29.9 Å². The van der Waals surface area contributed by atoms with Gasteiger partial charge in [0.2, 0.25) is 21.8 Å². The normalized spacial score (nSPS) is 15.7. The number of pyridine rings is 2. The molecule has 1 N–H and O–H groups in total. The van der Waals surface area contributed by atoms with Gasteiger partial charge in [-0.05, 0) is 127 Å². The molecule has 0 aromatic carbocycles. The van der Waals surface area contributed by atoms with Crippen molar-refractivity contribution in [2.75, 3.05) is 36.0 Å². The first-order chi connectivity index (χ1) is 30.7. The fourth-order valence-corrected chi connectivity index (χ4v) is 9.55. The molecule has 0 spiro atoms. The van der Waals surface area contributed by atoms with Crippen LogP contribution in [0.25, 0.3) is 32.4 Å². The fraction of sp³-hybridized carbons (Fsp3) is 0.409. The first-order valence-electron chi connectivity index (χ1n) is 21.4. The molecule has 8 aromatic rings. The van der Waals surface area contributed by atoms with Gasteiger partial charge in [0.15, 0.2) is 3.92 Å². The zero-order chi connectivity index (χ0) is 43.7. The Hall–Kier alpha value is -5.50. The third kappa shape index (κ3) is 11.2. The topological polar surface area (TPSA) is 174 Å². The van der Waals surface area contributed by atoms with Gasteiger partial charge in [-0.1, -0.05) is 25.2 Å². The third-order valence-electron chi connectivity index (χ3n) is 11.5. The number of imidazole rings is 2. The zero-order valence-electron chi connectivity index (χ0n) is 35.8. The number of piperidine rings is 2. The molecule has 10 rings (SSSR count). The fourth-order valence-electron chi connectivity index (χ4n) is 7.52. The molecule has 2 saturated heterocycles. The minimum atomic E-state index is -0.194. The number of halogens is 1. The Bertz CT molecular complexity index is 2560. The van der Waals surface area contributed by atoms with Crippen molar-refractivity contribution in [1.29, 1.82) is 0 Å². The van der Waals surface area contributed by atoms with Crippen LogP contribution in [0.3, 0.4) is 0 Å². The lowest BCUT2D eigenvalue weighted by Gasteiger charge is -2.34. The lowest BCUT2D eigenvalue weighted by atomic mass is 9.92. The van der Waals surface area contributed by atoms with Crippen molar-refractivity contribution in [3.63, 3.8) is 0 Å². The number of anilines is 2. The number of ether oxygens (including phenoxy) is 1. The van der Waals surface area contributed by atoms with Gasteiger partial charge in [-0.2, -0.15) is 0 Å². The molecule has 10 heterocycles. The molecule has 0 radical (unpaired) electrons. The van der Waals surface area contributed by atoms with Gasteiger partial charge >= 0.3 is 0 Å². The van der Waals surface area contributed by atoms with Crippen LogP contribution in [0.1, 0.15) is 64.5 Å². The highest BCUT2D eigenvalue weighted by atomic mass is 79.9. The number of aliphatic hydroxyl groups is 1. The molecule has 2 atom stereocenters. The molecule has 63 heavy (non-hydrogen) atoms. The van der Waals surface area contributed by atoms with Gasteiger partial charge in [0.25, 0.3) is 5.19 Å². The Labute approximate surface area is 382 Å². The second kappa shape index (κ2) is 20.8. The monoisotopic (exact) mass is 950 g/mol. The molecule has 0 saturated carbocycles. The van der Waals surface area contributed by atoms with Gasteiger partial charge in [0, 0.05) is 86.9 Å². The predicted octanol–water partition coefficient (Wildman–Crippen LogP) is 8.14. The van der Waals surface area contributed by atoms with Crippen molar-refractivity contribution in [2.24, 2.45) is 11.8 Å². The van der Waals surface area contributed by atoms with E-state index in [1.54, 1.807) is 33.8 Å². The highest BCUT2D eigenvalue weighted by Gasteiger charge is 2.28. The molecular weight excluding hydrogens is 901 g/mol. The lowest BCUT2D eigenvalue weighted by molar-refractivity contribution is 0.109. The highest BCUT2D eigenvalue weighted by Crippen LogP contribution is 2.30. The number of aryl methyl sites for hydroxylation is 2. The van der Waals surface area contributed by atoms with Crippen molar-refractivity contribution >= 4 is 60.4 Å². The highest BCUT2D eigenvalue weighted by molar-refractivity contribution is 9.11. The maximum absolute atomic E-state index is 9.55. The summed E-state index contributed by atoms with van der Waals surface area (Å²) in [7, 11) is 0. The molecule has 0 aliphatic carbocycles. The third-order valence-corrected chi connectivity index (χ3v) is 13.6. The maximum atomic E-state index is 9.55. The summed E-state index contributed by atoms with van der Waals surface area (Å²) in [5.41, 5.74) is 6.24. The number of aromatic nitrogens is 12. The number of rotatable bonds is 10. The average molecular weight is 952 g/mol. The van der Waals surface area contributed by atoms with Gasteiger partial charge < -0.3 is 19.6 Å². The Morgan fingerprint density at radius 3 is 1.54 bits per heavy atom. The van der Waals surface area contributed by atoms with Crippen molar-refractivity contribution in [3.8, 4) is 27.7 Å². The summed E-state index contributed by atoms with van der Waals surface area (Å²) in [5.74, 6) is 2.57. The molecule has 2 unspecified atom stereocenters. The number of fused-ring (bicyclic) bond motifs is 2. The van der Waals surface area contributed by atoms with Gasteiger partial charge in [-0.15, -0.1) is 10.2 Å². The summed E-state index contributed by atoms with van der Waals surface area (Å²) in [6, 6.07) is 7.76. The zero-order valence-corrected chi connectivity index (χ0v) is 39.0. The molecular formula is C44H51BrN14O2S2. The van der Waals surface area contributed by atoms with Crippen LogP contribution >= 0.6 is 38.6 Å². The maximum Gasteiger partial charge on any atom is 0.294 e. The second-order valence-corrected chi connectivity index (χ2v) is 18.8. The largest absolute Gasteiger partial charge is 0.466 e. The van der Waals surface area contributed by atoms with E-state index in [1.165, 1.54) is 33.8 Å². The van der Waals surface area contributed by atoms with E-state index >= 15 is 0 Å². The Kier molecular flexibility index (Phi) is 14.6. The van der Waals surface area contributed by atoms with E-state index in [0.717, 1.165) is 113 Å². The van der Waals surface area contributed by atoms with Crippen molar-refractivity contribution in [2.45, 2.75) is 78.4 Å². The molecule has 328 valence electrons. The van der Waals surface area contributed by atoms with Crippen molar-refractivity contribution < 1.29 is 9.84 Å². The van der Waals surface area contributed by atoms with Crippen molar-refractivity contribution in [3.05, 3.63) is 101 Å². The Balaban J connectivity index is 0.000000143. The molecule has 2 fully saturated rings. The van der Waals surface area contributed by atoms with E-state index in [2.05, 4.69) is 96.6 Å². The van der Waals surface area contributed by atoms with Crippen LogP contribution in [0.4, 0.5) is 11.9 Å². The van der Waals surface area contributed by atoms with Crippen LogP contribution in [-0.2, 0) is 12.8 Å². The smallest absolute Gasteiger partial charge is 0.294 e. The van der Waals surface area contributed by atoms with Gasteiger partial charge in [-0.25, -0.2) is 38.9 Å². The quantitative estimate of drug-likeness (QED) is 0.139. The summed E-state index contributed by atoms with van der Waals surface area (Å²) in [6.45, 7) is 12.0. The van der Waals surface area contributed by atoms with Crippen LogP contribution in [-0.4, -0.2) is 103 Å². The molecule has 16 nitrogen and oxygen atoms in total. The van der Waals surface area contributed by atoms with E-state index in [9.17, 15) is 5.11 Å². The SMILES string of the molecule is Brc1nn2cc(-c3ccncc3)nc2s1.CCc1cnc(N2CCC(C(C)O)CC2)nc1.CCc1cnc(N2CCC(C(C)Oc3nn4cc(-c5ccncc5)nc4s3)CC2)nc1. The number of aliphatic hydroxyl groups excluding tert-OH is 1. The number of hydrogen-bond donors (Lipinski definition) is 1. The van der Waals surface area contributed by atoms with E-state index < -0.39 is 0 Å². The first-order valence-corrected chi connectivity index (χ1v) is 23.8. The van der Waals surface area contributed by atoms with E-state index in [-0.39, 0.29) is 12.2 Å². The Morgan fingerprint density at radius 2 is 1.11 bits per heavy atom. The standard InChI is InChI=1S/C22H25N7OS.C13H21N3O.C9H5BrN4S/c1-3-16-12-24-20(25-13-16)28-10-6-17(7-11-28)15(2)30-22-27-29-14-19(26-21(29)31-22)18-4-8-23-9-5-18;1-3-11-8-14-13(15-9-11)16-6-4-12(5-7-16)10(2)17;10-8-13-14-5-7(12-9(14)15-8)6-1-3-11-4-2-6/h4-5,8-9,12-15,17H,3,6-7,10-11H2,1-2H3;8-10,12,17H,3-7H2,1-2H3;1-5H. The van der Waals surface area contributed by atoms with Crippen LogP contribution in [0, 0.1) is 11.8 Å². The van der Waals surface area contributed by atoms with E-state index in [1.807, 2.05) is 68.4 Å². The molecule has 0 amide bonds. The molecule has 0 bridgehead atoms. The van der Waals surface area contributed by atoms with Crippen LogP contribution in [0.5, 0.6) is 5.19 Å². The van der Waals surface area contributed by atoms with Crippen LogP contribution in [0.15, 0.2) is 90.2 Å². The summed E-state index contributed by atoms with van der Waals surface area (Å²) in [6.07, 6.45) is 24.6. The minimum absolute atomic E-state index is 0.0982. The van der Waals surface area contributed by atoms with Crippen LogP contribution < -0.4 is 14.5 Å². The summed E-state index contributed by atoms with van der Waals surface area (Å²) < 4.78 is 10.6. The number of nitrogens with zero attached hydrogens (tertiary/aromatic N) is 14. The lowest BCUT2D eigenvalue weighted by Crippen LogP contribution is -2.39. The average Bonchev–Trinajstić information content (AvgIpc) is 4.11. The van der Waals surface area contributed by atoms with E-state index in [0.29, 0.717) is 17.0 Å². The molecule has 8 aromatic heterocycles. The second-order valence-electron chi connectivity index (χ2n) is 15.6. The van der Waals surface area contributed by atoms with Crippen molar-refractivity contribution in [1.82, 2.24) is 59.1 Å². The summed E-state index contributed by atoms with van der Waals surface area (Å²) in [4.78, 5) is 41.2. The first kappa shape index (κ1) is 44.1. The van der Waals surface area contributed by atoms with Gasteiger partial charge in [-0.3, -0.25) is 9.97 Å².